The summed E-state index contributed by atoms with van der Waals surface area (Å²) in [6, 6.07) is 4.27. The molecular formula is C14H23N3O. The number of hydrogen-bond donors (Lipinski definition) is 2. The standard InChI is InChI=1S/C14H23N3O/c1-2-8-17-10-13(6-7-14(17)18)16-12-5-3-4-11(15)9-12/h6-7,10-12,16H,2-5,8-9,15H2,1H3. The average Bonchev–Trinajstić information content (AvgIpc) is 2.34. The fourth-order valence-electron chi connectivity index (χ4n) is 2.63. The number of hydrogen-bond acceptors (Lipinski definition) is 3. The summed E-state index contributed by atoms with van der Waals surface area (Å²) < 4.78 is 1.77. The van der Waals surface area contributed by atoms with Crippen molar-refractivity contribution >= 4 is 5.69 Å². The van der Waals surface area contributed by atoms with E-state index in [9.17, 15) is 4.79 Å². The molecule has 0 bridgehead atoms. The quantitative estimate of drug-likeness (QED) is 0.857. The third-order valence-corrected chi connectivity index (χ3v) is 3.53. The molecule has 4 nitrogen and oxygen atoms in total. The maximum absolute atomic E-state index is 11.6. The van der Waals surface area contributed by atoms with E-state index in [0.717, 1.165) is 31.5 Å². The summed E-state index contributed by atoms with van der Waals surface area (Å²) in [4.78, 5) is 11.6. The molecule has 0 aromatic carbocycles. The van der Waals surface area contributed by atoms with Gasteiger partial charge in [-0.2, -0.15) is 0 Å². The van der Waals surface area contributed by atoms with Gasteiger partial charge in [0.1, 0.15) is 0 Å². The zero-order valence-corrected chi connectivity index (χ0v) is 11.1. The highest BCUT2D eigenvalue weighted by molar-refractivity contribution is 5.41. The smallest absolute Gasteiger partial charge is 0.250 e. The summed E-state index contributed by atoms with van der Waals surface area (Å²) in [5, 5.41) is 3.50. The van der Waals surface area contributed by atoms with E-state index in [4.69, 9.17) is 5.73 Å². The van der Waals surface area contributed by atoms with E-state index in [-0.39, 0.29) is 5.56 Å². The van der Waals surface area contributed by atoms with Crippen LogP contribution in [0.3, 0.4) is 0 Å². The summed E-state index contributed by atoms with van der Waals surface area (Å²) >= 11 is 0. The van der Waals surface area contributed by atoms with Crippen LogP contribution >= 0.6 is 0 Å². The highest BCUT2D eigenvalue weighted by Crippen LogP contribution is 2.20. The maximum atomic E-state index is 11.6. The molecule has 2 rings (SSSR count). The van der Waals surface area contributed by atoms with Gasteiger partial charge in [-0.1, -0.05) is 6.92 Å². The molecule has 1 aliphatic carbocycles. The Morgan fingerprint density at radius 1 is 1.44 bits per heavy atom. The molecule has 1 heterocycles. The molecule has 4 heteroatoms. The number of nitrogens with zero attached hydrogens (tertiary/aromatic N) is 1. The van der Waals surface area contributed by atoms with E-state index < -0.39 is 0 Å². The van der Waals surface area contributed by atoms with Gasteiger partial charge in [-0.05, 0) is 38.2 Å². The molecule has 1 aromatic rings. The van der Waals surface area contributed by atoms with Gasteiger partial charge in [0.2, 0.25) is 0 Å². The summed E-state index contributed by atoms with van der Waals surface area (Å²) in [5.74, 6) is 0. The third kappa shape index (κ3) is 3.35. The Labute approximate surface area is 108 Å². The fourth-order valence-corrected chi connectivity index (χ4v) is 2.63. The Hall–Kier alpha value is -1.29. The van der Waals surface area contributed by atoms with Crippen LogP contribution in [0.1, 0.15) is 39.0 Å². The minimum Gasteiger partial charge on any atom is -0.381 e. The van der Waals surface area contributed by atoms with E-state index in [1.165, 1.54) is 12.8 Å². The normalized spacial score (nSPS) is 23.9. The molecule has 1 fully saturated rings. The molecule has 1 aromatic heterocycles. The van der Waals surface area contributed by atoms with E-state index in [2.05, 4.69) is 12.2 Å². The Morgan fingerprint density at radius 2 is 2.28 bits per heavy atom. The lowest BCUT2D eigenvalue weighted by atomic mass is 9.91. The molecule has 1 saturated carbocycles. The summed E-state index contributed by atoms with van der Waals surface area (Å²) in [7, 11) is 0. The number of nitrogens with one attached hydrogen (secondary N) is 1. The van der Waals surface area contributed by atoms with Crippen LogP contribution < -0.4 is 16.6 Å². The molecule has 0 amide bonds. The van der Waals surface area contributed by atoms with Crippen molar-refractivity contribution in [3.8, 4) is 0 Å². The fraction of sp³-hybridized carbons (Fsp3) is 0.643. The second-order valence-corrected chi connectivity index (χ2v) is 5.22. The van der Waals surface area contributed by atoms with Crippen molar-refractivity contribution in [2.45, 2.75) is 57.7 Å². The van der Waals surface area contributed by atoms with Gasteiger partial charge in [0, 0.05) is 30.9 Å². The molecule has 0 radical (unpaired) electrons. The highest BCUT2D eigenvalue weighted by Gasteiger charge is 2.18. The predicted octanol–water partition coefficient (Wildman–Crippen LogP) is 1.94. The molecule has 0 aliphatic heterocycles. The van der Waals surface area contributed by atoms with Crippen LogP contribution in [-0.2, 0) is 6.54 Å². The topological polar surface area (TPSA) is 60.1 Å². The van der Waals surface area contributed by atoms with Crippen molar-refractivity contribution in [2.75, 3.05) is 5.32 Å². The van der Waals surface area contributed by atoms with Crippen LogP contribution in [0.5, 0.6) is 0 Å². The zero-order chi connectivity index (χ0) is 13.0. The van der Waals surface area contributed by atoms with E-state index in [1.807, 2.05) is 12.3 Å². The number of nitrogens with two attached hydrogens (primary N) is 1. The summed E-state index contributed by atoms with van der Waals surface area (Å²) in [6.07, 6.45) is 7.40. The van der Waals surface area contributed by atoms with Crippen molar-refractivity contribution in [2.24, 2.45) is 5.73 Å². The molecule has 0 saturated heterocycles. The van der Waals surface area contributed by atoms with Crippen LogP contribution in [0.2, 0.25) is 0 Å². The molecule has 3 N–H and O–H groups in total. The van der Waals surface area contributed by atoms with Crippen molar-refractivity contribution in [1.82, 2.24) is 4.57 Å². The number of anilines is 1. The second kappa shape index (κ2) is 6.05. The van der Waals surface area contributed by atoms with Gasteiger partial charge >= 0.3 is 0 Å². The van der Waals surface area contributed by atoms with Crippen LogP contribution in [0.15, 0.2) is 23.1 Å². The molecule has 2 atom stereocenters. The molecule has 18 heavy (non-hydrogen) atoms. The lowest BCUT2D eigenvalue weighted by molar-refractivity contribution is 0.409. The van der Waals surface area contributed by atoms with Crippen LogP contribution in [-0.4, -0.2) is 16.7 Å². The third-order valence-electron chi connectivity index (χ3n) is 3.53. The second-order valence-electron chi connectivity index (χ2n) is 5.22. The predicted molar refractivity (Wildman–Crippen MR) is 74.8 cm³/mol. The van der Waals surface area contributed by atoms with Gasteiger partial charge in [-0.3, -0.25) is 4.79 Å². The molecule has 1 aliphatic rings. The van der Waals surface area contributed by atoms with Gasteiger partial charge in [-0.15, -0.1) is 0 Å². The lowest BCUT2D eigenvalue weighted by Gasteiger charge is -2.28. The van der Waals surface area contributed by atoms with Gasteiger partial charge in [0.25, 0.3) is 5.56 Å². The largest absolute Gasteiger partial charge is 0.381 e. The molecule has 100 valence electrons. The minimum atomic E-state index is 0.0720. The Bertz CT molecular complexity index is 441. The van der Waals surface area contributed by atoms with Crippen LogP contribution in [0.25, 0.3) is 0 Å². The maximum Gasteiger partial charge on any atom is 0.250 e. The summed E-state index contributed by atoms with van der Waals surface area (Å²) in [5.41, 5.74) is 7.09. The zero-order valence-electron chi connectivity index (χ0n) is 11.1. The Kier molecular flexibility index (Phi) is 4.42. The van der Waals surface area contributed by atoms with Crippen LogP contribution in [0.4, 0.5) is 5.69 Å². The van der Waals surface area contributed by atoms with E-state index >= 15 is 0 Å². The molecule has 2 unspecified atom stereocenters. The van der Waals surface area contributed by atoms with E-state index in [0.29, 0.717) is 12.1 Å². The van der Waals surface area contributed by atoms with Crippen molar-refractivity contribution < 1.29 is 0 Å². The Balaban J connectivity index is 2.04. The SMILES string of the molecule is CCCn1cc(NC2CCCC(N)C2)ccc1=O. The lowest BCUT2D eigenvalue weighted by Crippen LogP contribution is -2.35. The average molecular weight is 249 g/mol. The number of aryl methyl sites for hydroxylation is 1. The molecular weight excluding hydrogens is 226 g/mol. The Morgan fingerprint density at radius 3 is 3.00 bits per heavy atom. The van der Waals surface area contributed by atoms with Crippen molar-refractivity contribution in [3.05, 3.63) is 28.7 Å². The van der Waals surface area contributed by atoms with Crippen LogP contribution in [0, 0.1) is 0 Å². The number of aromatic nitrogens is 1. The first-order valence-corrected chi connectivity index (χ1v) is 6.91. The summed E-state index contributed by atoms with van der Waals surface area (Å²) in [6.45, 7) is 2.85. The number of pyridine rings is 1. The number of rotatable bonds is 4. The van der Waals surface area contributed by atoms with Gasteiger partial charge in [-0.25, -0.2) is 0 Å². The van der Waals surface area contributed by atoms with E-state index in [1.54, 1.807) is 10.6 Å². The highest BCUT2D eigenvalue weighted by atomic mass is 16.1. The van der Waals surface area contributed by atoms with Crippen molar-refractivity contribution in [3.63, 3.8) is 0 Å². The first-order valence-electron chi connectivity index (χ1n) is 6.91. The first-order chi connectivity index (χ1) is 8.69. The minimum absolute atomic E-state index is 0.0720. The first kappa shape index (κ1) is 13.1. The molecule has 0 spiro atoms. The van der Waals surface area contributed by atoms with Gasteiger partial charge < -0.3 is 15.6 Å². The monoisotopic (exact) mass is 249 g/mol. The van der Waals surface area contributed by atoms with Gasteiger partial charge in [0.05, 0.1) is 5.69 Å². The van der Waals surface area contributed by atoms with Crippen molar-refractivity contribution in [1.29, 1.82) is 0 Å². The van der Waals surface area contributed by atoms with Gasteiger partial charge in [0.15, 0.2) is 0 Å².